The molecule has 0 fully saturated rings. The Balaban J connectivity index is 1.96. The fourth-order valence-corrected chi connectivity index (χ4v) is 2.05. The van der Waals surface area contributed by atoms with Gasteiger partial charge in [-0.25, -0.2) is 0 Å². The van der Waals surface area contributed by atoms with E-state index in [4.69, 9.17) is 9.47 Å². The molecule has 3 heteroatoms. The Morgan fingerprint density at radius 2 is 1.83 bits per heavy atom. The van der Waals surface area contributed by atoms with E-state index >= 15 is 0 Å². The molecular formula is C15H20O3. The molecule has 1 aliphatic rings. The quantitative estimate of drug-likeness (QED) is 0.751. The van der Waals surface area contributed by atoms with E-state index in [0.29, 0.717) is 11.5 Å². The molecule has 0 atom stereocenters. The number of rotatable bonds is 5. The van der Waals surface area contributed by atoms with Gasteiger partial charge >= 0.3 is 0 Å². The van der Waals surface area contributed by atoms with Gasteiger partial charge in [-0.05, 0) is 30.5 Å². The Bertz CT molecular complexity index is 412. The summed E-state index contributed by atoms with van der Waals surface area (Å²) in [5, 5.41) is 0. The average Bonchev–Trinajstić information content (AvgIpc) is 2.57. The molecule has 18 heavy (non-hydrogen) atoms. The number of benzene rings is 1. The molecule has 1 aliphatic heterocycles. The summed E-state index contributed by atoms with van der Waals surface area (Å²) in [4.78, 5) is 11.2. The van der Waals surface area contributed by atoms with Gasteiger partial charge in [-0.2, -0.15) is 0 Å². The van der Waals surface area contributed by atoms with E-state index in [2.05, 4.69) is 13.0 Å². The third kappa shape index (κ3) is 3.49. The summed E-state index contributed by atoms with van der Waals surface area (Å²) in [6.07, 6.45) is 6.07. The van der Waals surface area contributed by atoms with E-state index in [1.807, 2.05) is 12.1 Å². The zero-order chi connectivity index (χ0) is 12.8. The summed E-state index contributed by atoms with van der Waals surface area (Å²) in [6.45, 7) is 2.44. The number of hydrogen-bond donors (Lipinski definition) is 0. The van der Waals surface area contributed by atoms with Crippen molar-refractivity contribution in [1.29, 1.82) is 0 Å². The number of ketones is 1. The van der Waals surface area contributed by atoms with Crippen molar-refractivity contribution in [3.63, 3.8) is 0 Å². The number of fused-ring (bicyclic) bond motifs is 1. The lowest BCUT2D eigenvalue weighted by Gasteiger charge is -2.08. The molecule has 1 heterocycles. The molecule has 0 bridgehead atoms. The van der Waals surface area contributed by atoms with Gasteiger partial charge in [-0.15, -0.1) is 0 Å². The van der Waals surface area contributed by atoms with E-state index in [0.717, 1.165) is 6.42 Å². The van der Waals surface area contributed by atoms with Gasteiger partial charge in [0.2, 0.25) is 5.78 Å². The first-order valence-electron chi connectivity index (χ1n) is 6.70. The van der Waals surface area contributed by atoms with Crippen molar-refractivity contribution < 1.29 is 14.3 Å². The number of carbonyl (C=O) groups excluding carboxylic acids is 1. The molecule has 0 N–H and O–H groups in total. The molecule has 0 unspecified atom stereocenters. The number of Topliss-reactive ketones (excluding diaryl/α,β-unsaturated/α-hetero) is 1. The first-order chi connectivity index (χ1) is 8.79. The maximum Gasteiger partial charge on any atom is 0.207 e. The van der Waals surface area contributed by atoms with Crippen molar-refractivity contribution in [2.75, 3.05) is 13.2 Å². The van der Waals surface area contributed by atoms with Crippen molar-refractivity contribution >= 4 is 5.78 Å². The Morgan fingerprint density at radius 3 is 2.61 bits per heavy atom. The van der Waals surface area contributed by atoms with Crippen molar-refractivity contribution in [3.05, 3.63) is 23.8 Å². The summed E-state index contributed by atoms with van der Waals surface area (Å²) in [7, 11) is 0. The standard InChI is InChI=1S/C15H20O3/c1-2-3-4-5-6-12-7-8-14-15(9-12)18-11-13(16)10-17-14/h7-9H,2-6,10-11H2,1H3. The highest BCUT2D eigenvalue weighted by molar-refractivity contribution is 5.82. The number of hydrogen-bond acceptors (Lipinski definition) is 3. The number of unbranched alkanes of at least 4 members (excludes halogenated alkanes) is 3. The molecule has 2 rings (SSSR count). The molecule has 0 radical (unpaired) electrons. The second-order valence-electron chi connectivity index (χ2n) is 4.71. The van der Waals surface area contributed by atoms with E-state index in [-0.39, 0.29) is 19.0 Å². The van der Waals surface area contributed by atoms with Gasteiger partial charge in [-0.3, -0.25) is 4.79 Å². The lowest BCUT2D eigenvalue weighted by Crippen LogP contribution is -2.15. The normalized spacial score (nSPS) is 14.4. The van der Waals surface area contributed by atoms with Crippen LogP contribution < -0.4 is 9.47 Å². The maximum atomic E-state index is 11.2. The van der Waals surface area contributed by atoms with E-state index in [9.17, 15) is 4.79 Å². The van der Waals surface area contributed by atoms with Crippen LogP contribution in [0.4, 0.5) is 0 Å². The van der Waals surface area contributed by atoms with Crippen LogP contribution in [-0.2, 0) is 11.2 Å². The van der Waals surface area contributed by atoms with Crippen LogP contribution in [-0.4, -0.2) is 19.0 Å². The highest BCUT2D eigenvalue weighted by atomic mass is 16.5. The minimum Gasteiger partial charge on any atom is -0.482 e. The van der Waals surface area contributed by atoms with Crippen molar-refractivity contribution in [2.45, 2.75) is 39.0 Å². The van der Waals surface area contributed by atoms with Crippen molar-refractivity contribution in [3.8, 4) is 11.5 Å². The molecule has 3 nitrogen and oxygen atoms in total. The average molecular weight is 248 g/mol. The minimum atomic E-state index is -0.0179. The van der Waals surface area contributed by atoms with Crippen molar-refractivity contribution in [2.24, 2.45) is 0 Å². The molecule has 0 aliphatic carbocycles. The van der Waals surface area contributed by atoms with Gasteiger partial charge in [0.25, 0.3) is 0 Å². The second kappa shape index (κ2) is 6.43. The topological polar surface area (TPSA) is 35.5 Å². The molecule has 0 saturated heterocycles. The summed E-state index contributed by atoms with van der Waals surface area (Å²) >= 11 is 0. The third-order valence-electron chi connectivity index (χ3n) is 3.10. The lowest BCUT2D eigenvalue weighted by atomic mass is 10.1. The Hall–Kier alpha value is -1.51. The van der Waals surface area contributed by atoms with Crippen molar-refractivity contribution in [1.82, 2.24) is 0 Å². The summed E-state index contributed by atoms with van der Waals surface area (Å²) < 4.78 is 10.8. The van der Waals surface area contributed by atoms with Crippen LogP contribution in [0.25, 0.3) is 0 Å². The molecule has 1 aromatic carbocycles. The highest BCUT2D eigenvalue weighted by Gasteiger charge is 2.15. The first-order valence-corrected chi connectivity index (χ1v) is 6.70. The first kappa shape index (κ1) is 12.9. The molecule has 0 amide bonds. The minimum absolute atomic E-state index is 0.0179. The molecule has 0 saturated carbocycles. The Kier molecular flexibility index (Phi) is 4.62. The van der Waals surface area contributed by atoms with Gasteiger partial charge in [-0.1, -0.05) is 32.3 Å². The largest absolute Gasteiger partial charge is 0.482 e. The third-order valence-corrected chi connectivity index (χ3v) is 3.10. The van der Waals surface area contributed by atoms with E-state index in [1.54, 1.807) is 0 Å². The predicted molar refractivity (Wildman–Crippen MR) is 70.3 cm³/mol. The predicted octanol–water partition coefficient (Wildman–Crippen LogP) is 3.15. The van der Waals surface area contributed by atoms with Gasteiger partial charge in [0.05, 0.1) is 0 Å². The van der Waals surface area contributed by atoms with Crippen LogP contribution in [0, 0.1) is 0 Å². The second-order valence-corrected chi connectivity index (χ2v) is 4.71. The molecule has 98 valence electrons. The monoisotopic (exact) mass is 248 g/mol. The van der Waals surface area contributed by atoms with Gasteiger partial charge in [0, 0.05) is 0 Å². The Morgan fingerprint density at radius 1 is 1.06 bits per heavy atom. The fraction of sp³-hybridized carbons (Fsp3) is 0.533. The fourth-order valence-electron chi connectivity index (χ4n) is 2.05. The van der Waals surface area contributed by atoms with Crippen LogP contribution in [0.15, 0.2) is 18.2 Å². The molecular weight excluding hydrogens is 228 g/mol. The number of carbonyl (C=O) groups is 1. The van der Waals surface area contributed by atoms with Gasteiger partial charge in [0.1, 0.15) is 0 Å². The van der Waals surface area contributed by atoms with Crippen LogP contribution in [0.5, 0.6) is 11.5 Å². The van der Waals surface area contributed by atoms with Crippen LogP contribution in [0.2, 0.25) is 0 Å². The highest BCUT2D eigenvalue weighted by Crippen LogP contribution is 2.30. The number of ether oxygens (including phenoxy) is 2. The van der Waals surface area contributed by atoms with Gasteiger partial charge < -0.3 is 9.47 Å². The number of aryl methyl sites for hydroxylation is 1. The molecule has 1 aromatic rings. The van der Waals surface area contributed by atoms with E-state index in [1.165, 1.54) is 31.2 Å². The summed E-state index contributed by atoms with van der Waals surface area (Å²) in [5.41, 5.74) is 1.25. The summed E-state index contributed by atoms with van der Waals surface area (Å²) in [5.74, 6) is 1.36. The zero-order valence-corrected chi connectivity index (χ0v) is 10.9. The van der Waals surface area contributed by atoms with E-state index < -0.39 is 0 Å². The van der Waals surface area contributed by atoms with Crippen LogP contribution in [0.3, 0.4) is 0 Å². The molecule has 0 spiro atoms. The zero-order valence-electron chi connectivity index (χ0n) is 10.9. The molecule has 0 aromatic heterocycles. The summed E-state index contributed by atoms with van der Waals surface area (Å²) in [6, 6.07) is 5.97. The SMILES string of the molecule is CCCCCCc1ccc2c(c1)OCC(=O)CO2. The van der Waals surface area contributed by atoms with Crippen LogP contribution in [0.1, 0.15) is 38.2 Å². The smallest absolute Gasteiger partial charge is 0.207 e. The van der Waals surface area contributed by atoms with Crippen LogP contribution >= 0.6 is 0 Å². The Labute approximate surface area is 108 Å². The van der Waals surface area contributed by atoms with Gasteiger partial charge in [0.15, 0.2) is 24.7 Å². The maximum absolute atomic E-state index is 11.2. The lowest BCUT2D eigenvalue weighted by molar-refractivity contribution is -0.122.